The van der Waals surface area contributed by atoms with Gasteiger partial charge in [0.25, 0.3) is 0 Å². The van der Waals surface area contributed by atoms with Crippen molar-refractivity contribution in [3.05, 3.63) is 48.0 Å². The number of hydrogen-bond donors (Lipinski definition) is 0. The third-order valence-electron chi connectivity index (χ3n) is 2.33. The molecule has 0 aliphatic carbocycles. The molecule has 0 heterocycles. The molecule has 0 N–H and O–H groups in total. The van der Waals surface area contributed by atoms with E-state index in [1.807, 2.05) is 6.07 Å². The van der Waals surface area contributed by atoms with Crippen molar-refractivity contribution >= 4 is 18.4 Å². The lowest BCUT2D eigenvalue weighted by Crippen LogP contribution is -2.36. The Bertz CT molecular complexity index is 591. The maximum Gasteiger partial charge on any atom is 0.522 e. The highest BCUT2D eigenvalue weighted by Gasteiger charge is 2.49. The number of aryl methyl sites for hydroxylation is 1. The predicted molar refractivity (Wildman–Crippen MR) is 89.0 cm³/mol. The third kappa shape index (κ3) is 10.3. The second-order valence-corrected chi connectivity index (χ2v) is 12.3. The van der Waals surface area contributed by atoms with E-state index < -0.39 is 23.9 Å². The summed E-state index contributed by atoms with van der Waals surface area (Å²) in [6.07, 6.45) is 2.22. The molecule has 0 aromatic heterocycles. The molecule has 0 unspecified atom stereocenters. The van der Waals surface area contributed by atoms with Crippen molar-refractivity contribution in [1.29, 1.82) is 0 Å². The average molecular weight is 368 g/mol. The first-order valence-electron chi connectivity index (χ1n) is 6.95. The van der Waals surface area contributed by atoms with Gasteiger partial charge in [0.05, 0.1) is 0 Å². The van der Waals surface area contributed by atoms with Crippen molar-refractivity contribution in [2.75, 3.05) is 0 Å². The number of alkyl halides is 3. The van der Waals surface area contributed by atoms with Gasteiger partial charge >= 0.3 is 15.6 Å². The normalized spacial score (nSPS) is 12.3. The van der Waals surface area contributed by atoms with E-state index in [0.717, 1.165) is 12.8 Å². The fourth-order valence-corrected chi connectivity index (χ4v) is 4.39. The molecule has 0 radical (unpaired) electrons. The zero-order chi connectivity index (χ0) is 18.3. The Hall–Kier alpha value is -1.12. The van der Waals surface area contributed by atoms with Crippen LogP contribution in [0.5, 0.6) is 0 Å². The molecular weight excluding hydrogens is 345 g/mol. The predicted octanol–water partition coefficient (Wildman–Crippen LogP) is 4.88. The second-order valence-electron chi connectivity index (χ2n) is 6.04. The van der Waals surface area contributed by atoms with Gasteiger partial charge in [0.1, 0.15) is 0 Å². The molecule has 0 atom stereocenters. The van der Waals surface area contributed by atoms with Crippen molar-refractivity contribution in [3.63, 3.8) is 0 Å². The van der Waals surface area contributed by atoms with Gasteiger partial charge in [-0.05, 0) is 45.0 Å². The monoisotopic (exact) mass is 368 g/mol. The van der Waals surface area contributed by atoms with E-state index in [1.54, 1.807) is 0 Å². The Morgan fingerprint density at radius 2 is 1.65 bits per heavy atom. The van der Waals surface area contributed by atoms with Gasteiger partial charge in [-0.1, -0.05) is 35.9 Å². The lowest BCUT2D eigenvalue weighted by atomic mass is 10.1. The average Bonchev–Trinajstić information content (AvgIpc) is 2.34. The molecule has 0 aliphatic rings. The van der Waals surface area contributed by atoms with Crippen LogP contribution < -0.4 is 0 Å². The van der Waals surface area contributed by atoms with Gasteiger partial charge in [0, 0.05) is 0 Å². The minimum atomic E-state index is -5.39. The Morgan fingerprint density at radius 3 is 1.96 bits per heavy atom. The Morgan fingerprint density at radius 1 is 1.17 bits per heavy atom. The number of benzene rings is 1. The molecule has 0 fully saturated rings. The first-order chi connectivity index (χ1) is 10.2. The van der Waals surface area contributed by atoms with Crippen LogP contribution in [-0.4, -0.2) is 22.2 Å². The molecule has 8 heteroatoms. The molecule has 1 rings (SSSR count). The fraction of sp³-hybridized carbons (Fsp3) is 0.467. The highest BCUT2D eigenvalue weighted by molar-refractivity contribution is 7.88. The van der Waals surface area contributed by atoms with Crippen LogP contribution >= 0.6 is 0 Å². The second kappa shape index (κ2) is 8.65. The van der Waals surface area contributed by atoms with Crippen LogP contribution in [0, 0.1) is 0 Å². The van der Waals surface area contributed by atoms with E-state index in [1.165, 1.54) is 30.8 Å². The summed E-state index contributed by atoms with van der Waals surface area (Å²) in [6, 6.07) is 10.5. The van der Waals surface area contributed by atoms with Crippen LogP contribution in [0.2, 0.25) is 19.6 Å². The van der Waals surface area contributed by atoms with Gasteiger partial charge < -0.3 is 3.87 Å². The lowest BCUT2D eigenvalue weighted by molar-refractivity contribution is -0.0503. The minimum Gasteiger partial charge on any atom is -0.309 e. The highest BCUT2D eigenvalue weighted by Crippen LogP contribution is 2.27. The van der Waals surface area contributed by atoms with Crippen molar-refractivity contribution in [2.45, 2.75) is 44.9 Å². The Labute approximate surface area is 137 Å². The first kappa shape index (κ1) is 21.9. The van der Waals surface area contributed by atoms with Crippen molar-refractivity contribution in [2.24, 2.45) is 0 Å². The highest BCUT2D eigenvalue weighted by atomic mass is 32.2. The Balaban J connectivity index is 0.000000422. The summed E-state index contributed by atoms with van der Waals surface area (Å²) >= 11 is 0. The topological polar surface area (TPSA) is 43.4 Å². The van der Waals surface area contributed by atoms with Crippen molar-refractivity contribution < 1.29 is 25.5 Å². The van der Waals surface area contributed by atoms with E-state index in [4.69, 9.17) is 0 Å². The molecular formula is C15H23F3O3SSi. The summed E-state index contributed by atoms with van der Waals surface area (Å²) in [5.41, 5.74) is -2.66. The van der Waals surface area contributed by atoms with Gasteiger partial charge in [-0.2, -0.15) is 21.6 Å². The van der Waals surface area contributed by atoms with E-state index in [-0.39, 0.29) is 0 Å². The van der Waals surface area contributed by atoms with Gasteiger partial charge in [-0.25, -0.2) is 0 Å². The fourth-order valence-electron chi connectivity index (χ4n) is 1.38. The zero-order valence-corrected chi connectivity index (χ0v) is 15.6. The van der Waals surface area contributed by atoms with Crippen LogP contribution in [0.4, 0.5) is 13.2 Å². The van der Waals surface area contributed by atoms with Gasteiger partial charge in [0.15, 0.2) is 0 Å². The number of halogens is 3. The molecule has 0 saturated heterocycles. The molecule has 3 nitrogen and oxygen atoms in total. The van der Waals surface area contributed by atoms with E-state index in [2.05, 4.69) is 41.6 Å². The van der Waals surface area contributed by atoms with Gasteiger partial charge in [-0.15, -0.1) is 6.58 Å². The van der Waals surface area contributed by atoms with Crippen LogP contribution in [0.1, 0.15) is 18.9 Å². The van der Waals surface area contributed by atoms with Crippen molar-refractivity contribution in [1.82, 2.24) is 0 Å². The molecule has 0 bridgehead atoms. The molecule has 0 amide bonds. The summed E-state index contributed by atoms with van der Waals surface area (Å²) in [5, 5.41) is 0. The van der Waals surface area contributed by atoms with Crippen molar-refractivity contribution in [3.8, 4) is 0 Å². The molecule has 0 spiro atoms. The van der Waals surface area contributed by atoms with Gasteiger partial charge in [0.2, 0.25) is 8.32 Å². The molecule has 23 heavy (non-hydrogen) atoms. The lowest BCUT2D eigenvalue weighted by Gasteiger charge is -2.17. The summed E-state index contributed by atoms with van der Waals surface area (Å²) < 4.78 is 59.7. The summed E-state index contributed by atoms with van der Waals surface area (Å²) in [5.74, 6) is 0. The molecule has 0 saturated carbocycles. The molecule has 132 valence electrons. The number of allylic oxidation sites excluding steroid dienone is 1. The summed E-state index contributed by atoms with van der Waals surface area (Å²) in [4.78, 5) is 0. The molecule has 1 aromatic carbocycles. The SMILES string of the molecule is C=C(C)CCc1ccccc1.C[Si](C)(C)OS(=O)(=O)C(F)(F)F. The van der Waals surface area contributed by atoms with Crippen LogP contribution in [0.25, 0.3) is 0 Å². The third-order valence-corrected chi connectivity index (χ3v) is 5.77. The van der Waals surface area contributed by atoms with Gasteiger partial charge in [-0.3, -0.25) is 0 Å². The zero-order valence-electron chi connectivity index (χ0n) is 13.8. The van der Waals surface area contributed by atoms with Crippen LogP contribution in [0.15, 0.2) is 42.5 Å². The standard InChI is InChI=1S/C11H14.C4H9F3O3SSi/c1-10(2)8-9-11-6-4-3-5-7-11;1-12(2,3)10-11(8,9)4(5,6)7/h3-7H,1,8-9H2,2H3;1-3H3. The summed E-state index contributed by atoms with van der Waals surface area (Å²) in [7, 11) is -8.10. The quantitative estimate of drug-likeness (QED) is 0.422. The van der Waals surface area contributed by atoms with E-state index in [0.29, 0.717) is 0 Å². The maximum absolute atomic E-state index is 11.7. The molecule has 1 aromatic rings. The van der Waals surface area contributed by atoms with E-state index >= 15 is 0 Å². The van der Waals surface area contributed by atoms with Crippen LogP contribution in [-0.2, 0) is 20.4 Å². The van der Waals surface area contributed by atoms with Crippen LogP contribution in [0.3, 0.4) is 0 Å². The Kier molecular flexibility index (Phi) is 8.23. The maximum atomic E-state index is 11.7. The molecule has 0 aliphatic heterocycles. The number of rotatable bonds is 5. The largest absolute Gasteiger partial charge is 0.522 e. The minimum absolute atomic E-state index is 1.10. The first-order valence-corrected chi connectivity index (χ1v) is 11.8. The van der Waals surface area contributed by atoms with E-state index in [9.17, 15) is 21.6 Å². The smallest absolute Gasteiger partial charge is 0.309 e. The summed E-state index contributed by atoms with van der Waals surface area (Å²) in [6.45, 7) is 10.0. The number of hydrogen-bond acceptors (Lipinski definition) is 3.